The van der Waals surface area contributed by atoms with E-state index in [0.717, 1.165) is 80.3 Å². The van der Waals surface area contributed by atoms with Gasteiger partial charge in [-0.2, -0.15) is 9.37 Å². The Kier molecular flexibility index (Phi) is 6.84. The summed E-state index contributed by atoms with van der Waals surface area (Å²) in [5.74, 6) is 1.30. The first-order valence-corrected chi connectivity index (χ1v) is 13.3. The Balaban J connectivity index is 1.19. The fraction of sp³-hybridized carbons (Fsp3) is 0.481. The lowest BCUT2D eigenvalue weighted by Crippen LogP contribution is -2.37. The van der Waals surface area contributed by atoms with E-state index in [-0.39, 0.29) is 12.6 Å². The molecule has 1 aliphatic heterocycles. The average Bonchev–Trinajstić information content (AvgIpc) is 3.56. The highest BCUT2D eigenvalue weighted by atomic mass is 19.1. The molecule has 3 N–H and O–H groups in total. The van der Waals surface area contributed by atoms with Gasteiger partial charge < -0.3 is 25.2 Å². The van der Waals surface area contributed by atoms with Crippen molar-refractivity contribution in [1.29, 1.82) is 0 Å². The number of halogens is 1. The molecule has 0 radical (unpaired) electrons. The summed E-state index contributed by atoms with van der Waals surface area (Å²) in [6.45, 7) is 3.80. The molecule has 0 atom stereocenters. The van der Waals surface area contributed by atoms with Crippen molar-refractivity contribution in [2.24, 2.45) is 5.92 Å². The van der Waals surface area contributed by atoms with Crippen molar-refractivity contribution in [2.45, 2.75) is 44.6 Å². The fourth-order valence-electron chi connectivity index (χ4n) is 5.85. The van der Waals surface area contributed by atoms with E-state index in [1.54, 1.807) is 6.20 Å². The lowest BCUT2D eigenvalue weighted by Gasteiger charge is -2.33. The molecule has 194 valence electrons. The SMILES string of the molecule is OCCNCC1CCN(c2ccc(Nc3ncc4c5ccnc(F)c5n(C5CCCC5)c4n3)nc2)CC1. The molecule has 9 nitrogen and oxygen atoms in total. The van der Waals surface area contributed by atoms with Gasteiger partial charge in [-0.25, -0.2) is 15.0 Å². The van der Waals surface area contributed by atoms with Gasteiger partial charge in [-0.1, -0.05) is 12.8 Å². The van der Waals surface area contributed by atoms with Gasteiger partial charge in [0.2, 0.25) is 11.9 Å². The Hall–Kier alpha value is -3.37. The summed E-state index contributed by atoms with van der Waals surface area (Å²) in [5, 5.41) is 17.1. The Morgan fingerprint density at radius 1 is 0.973 bits per heavy atom. The van der Waals surface area contributed by atoms with Gasteiger partial charge in [0.25, 0.3) is 0 Å². The van der Waals surface area contributed by atoms with Crippen LogP contribution in [-0.4, -0.2) is 62.4 Å². The van der Waals surface area contributed by atoms with Gasteiger partial charge in [0.05, 0.1) is 18.5 Å². The van der Waals surface area contributed by atoms with E-state index in [4.69, 9.17) is 10.1 Å². The first-order valence-electron chi connectivity index (χ1n) is 13.3. The summed E-state index contributed by atoms with van der Waals surface area (Å²) in [4.78, 5) is 20.2. The van der Waals surface area contributed by atoms with Gasteiger partial charge in [0.15, 0.2) is 0 Å². The van der Waals surface area contributed by atoms with Crippen LogP contribution in [0.3, 0.4) is 0 Å². The van der Waals surface area contributed by atoms with Crippen LogP contribution in [0.4, 0.5) is 21.8 Å². The second-order valence-electron chi connectivity index (χ2n) is 10.1. The first-order chi connectivity index (χ1) is 18.2. The highest BCUT2D eigenvalue weighted by Crippen LogP contribution is 2.38. The number of rotatable bonds is 8. The molecule has 0 aromatic carbocycles. The average molecular weight is 505 g/mol. The van der Waals surface area contributed by atoms with Crippen LogP contribution >= 0.6 is 0 Å². The van der Waals surface area contributed by atoms with Crippen molar-refractivity contribution < 1.29 is 9.50 Å². The molecule has 2 aliphatic rings. The summed E-state index contributed by atoms with van der Waals surface area (Å²) in [5.41, 5.74) is 2.36. The largest absolute Gasteiger partial charge is 0.395 e. The van der Waals surface area contributed by atoms with Crippen LogP contribution < -0.4 is 15.5 Å². The van der Waals surface area contributed by atoms with E-state index in [1.165, 1.54) is 6.20 Å². The number of aliphatic hydroxyl groups is 1. The van der Waals surface area contributed by atoms with Crippen LogP contribution in [0.2, 0.25) is 0 Å². The maximum atomic E-state index is 14.8. The Bertz CT molecular complexity index is 1360. The molecule has 4 aromatic heterocycles. The Morgan fingerprint density at radius 3 is 2.57 bits per heavy atom. The fourth-order valence-corrected chi connectivity index (χ4v) is 5.85. The number of hydrogen-bond acceptors (Lipinski definition) is 8. The van der Waals surface area contributed by atoms with Gasteiger partial charge >= 0.3 is 0 Å². The van der Waals surface area contributed by atoms with Crippen LogP contribution in [0.15, 0.2) is 36.8 Å². The molecule has 1 aliphatic carbocycles. The molecule has 0 amide bonds. The summed E-state index contributed by atoms with van der Waals surface area (Å²) in [7, 11) is 0. The summed E-state index contributed by atoms with van der Waals surface area (Å²) in [6, 6.07) is 6.09. The first kappa shape index (κ1) is 24.0. The zero-order valence-corrected chi connectivity index (χ0v) is 20.9. The Labute approximate surface area is 215 Å². The van der Waals surface area contributed by atoms with E-state index in [9.17, 15) is 4.39 Å². The highest BCUT2D eigenvalue weighted by Gasteiger charge is 2.25. The molecule has 37 heavy (non-hydrogen) atoms. The lowest BCUT2D eigenvalue weighted by atomic mass is 9.96. The summed E-state index contributed by atoms with van der Waals surface area (Å²) < 4.78 is 16.9. The highest BCUT2D eigenvalue weighted by molar-refractivity contribution is 6.06. The predicted molar refractivity (Wildman–Crippen MR) is 143 cm³/mol. The van der Waals surface area contributed by atoms with E-state index in [0.29, 0.717) is 29.7 Å². The number of aliphatic hydroxyl groups excluding tert-OH is 1. The number of anilines is 3. The van der Waals surface area contributed by atoms with E-state index >= 15 is 0 Å². The third-order valence-corrected chi connectivity index (χ3v) is 7.79. The maximum Gasteiger partial charge on any atom is 0.237 e. The molecule has 0 spiro atoms. The zero-order valence-electron chi connectivity index (χ0n) is 20.9. The molecule has 1 saturated carbocycles. The summed E-state index contributed by atoms with van der Waals surface area (Å²) in [6.07, 6.45) is 11.7. The van der Waals surface area contributed by atoms with Crippen LogP contribution in [0.25, 0.3) is 21.9 Å². The number of nitrogens with zero attached hydrogens (tertiary/aromatic N) is 6. The molecule has 10 heteroatoms. The standard InChI is InChI=1S/C27H33FN8O/c28-25-24-21(7-10-30-25)22-17-32-27(34-26(22)36(24)19-3-1-2-4-19)33-23-6-5-20(16-31-23)35-12-8-18(9-13-35)15-29-11-14-37/h5-7,10,16-19,29,37H,1-4,8-9,11-15H2,(H,31,32,33,34). The molecule has 6 rings (SSSR count). The van der Waals surface area contributed by atoms with E-state index < -0.39 is 5.95 Å². The molecule has 0 unspecified atom stereocenters. The number of piperidine rings is 1. The summed E-state index contributed by atoms with van der Waals surface area (Å²) >= 11 is 0. The molecular formula is C27H33FN8O. The Morgan fingerprint density at radius 2 is 1.81 bits per heavy atom. The molecule has 1 saturated heterocycles. The number of hydrogen-bond donors (Lipinski definition) is 3. The maximum absolute atomic E-state index is 14.8. The lowest BCUT2D eigenvalue weighted by molar-refractivity contribution is 0.283. The monoisotopic (exact) mass is 504 g/mol. The minimum Gasteiger partial charge on any atom is -0.395 e. The van der Waals surface area contributed by atoms with Crippen molar-refractivity contribution >= 4 is 39.4 Å². The molecule has 2 fully saturated rings. The van der Waals surface area contributed by atoms with Crippen molar-refractivity contribution in [2.75, 3.05) is 43.0 Å². The molecular weight excluding hydrogens is 471 g/mol. The van der Waals surface area contributed by atoms with Crippen LogP contribution in [0.1, 0.15) is 44.6 Å². The van der Waals surface area contributed by atoms with Gasteiger partial charge in [0.1, 0.15) is 17.0 Å². The molecule has 4 aromatic rings. The van der Waals surface area contributed by atoms with Gasteiger partial charge in [-0.15, -0.1) is 0 Å². The second kappa shape index (κ2) is 10.5. The van der Waals surface area contributed by atoms with Crippen LogP contribution in [-0.2, 0) is 0 Å². The van der Waals surface area contributed by atoms with Gasteiger partial charge in [0, 0.05) is 48.8 Å². The van der Waals surface area contributed by atoms with Gasteiger partial charge in [-0.3, -0.25) is 0 Å². The molecule has 0 bridgehead atoms. The number of aromatic nitrogens is 5. The smallest absolute Gasteiger partial charge is 0.237 e. The van der Waals surface area contributed by atoms with Crippen molar-refractivity contribution in [3.63, 3.8) is 0 Å². The normalized spacial score (nSPS) is 17.3. The number of pyridine rings is 2. The minimum atomic E-state index is -0.459. The third kappa shape index (κ3) is 4.83. The topological polar surface area (TPSA) is 104 Å². The minimum absolute atomic E-state index is 0.184. The zero-order chi connectivity index (χ0) is 25.2. The third-order valence-electron chi connectivity index (χ3n) is 7.79. The van der Waals surface area contributed by atoms with E-state index in [2.05, 4.69) is 36.6 Å². The molecule has 5 heterocycles. The van der Waals surface area contributed by atoms with Crippen molar-refractivity contribution in [3.05, 3.63) is 42.7 Å². The van der Waals surface area contributed by atoms with Crippen molar-refractivity contribution in [3.8, 4) is 0 Å². The van der Waals surface area contributed by atoms with Gasteiger partial charge in [-0.05, 0) is 56.3 Å². The number of fused-ring (bicyclic) bond motifs is 3. The van der Waals surface area contributed by atoms with Crippen molar-refractivity contribution in [1.82, 2.24) is 29.8 Å². The number of nitrogens with one attached hydrogen (secondary N) is 2. The van der Waals surface area contributed by atoms with Crippen LogP contribution in [0, 0.1) is 11.9 Å². The second-order valence-corrected chi connectivity index (χ2v) is 10.1. The predicted octanol–water partition coefficient (Wildman–Crippen LogP) is 4.17. The van der Waals surface area contributed by atoms with Crippen LogP contribution in [0.5, 0.6) is 0 Å². The van der Waals surface area contributed by atoms with E-state index in [1.807, 2.05) is 22.9 Å². The quantitative estimate of drug-likeness (QED) is 0.243.